The first-order chi connectivity index (χ1) is 12.2. The van der Waals surface area contributed by atoms with Gasteiger partial charge in [0.2, 0.25) is 0 Å². The minimum atomic E-state index is -0.535. The molecule has 146 valence electrons. The van der Waals surface area contributed by atoms with Gasteiger partial charge in [-0.25, -0.2) is 4.79 Å². The molecule has 0 bridgehead atoms. The Balaban J connectivity index is 2.40. The largest absolute Gasteiger partial charge is 0.427 e. The van der Waals surface area contributed by atoms with Crippen LogP contribution in [0.5, 0.6) is 0 Å². The SMILES string of the molecule is CC(C)=C(C)c1cccc(C(=O)OC2=CC(=O)C(C)(C)C(C)(C)C2(C)C)c1. The van der Waals surface area contributed by atoms with Crippen LogP contribution < -0.4 is 0 Å². The Morgan fingerprint density at radius 2 is 1.44 bits per heavy atom. The Labute approximate surface area is 163 Å². The summed E-state index contributed by atoms with van der Waals surface area (Å²) in [4.78, 5) is 25.5. The van der Waals surface area contributed by atoms with Gasteiger partial charge in [-0.1, -0.05) is 59.2 Å². The summed E-state index contributed by atoms with van der Waals surface area (Å²) in [5.41, 5.74) is 2.45. The molecule has 0 saturated carbocycles. The maximum absolute atomic E-state index is 12.8. The molecular formula is C24H32O3. The van der Waals surface area contributed by atoms with Crippen molar-refractivity contribution in [3.05, 3.63) is 52.8 Å². The summed E-state index contributed by atoms with van der Waals surface area (Å²) in [6.07, 6.45) is 1.51. The molecule has 0 saturated heterocycles. The van der Waals surface area contributed by atoms with Crippen LogP contribution in [0.1, 0.15) is 78.2 Å². The van der Waals surface area contributed by atoms with E-state index in [4.69, 9.17) is 4.74 Å². The molecule has 0 fully saturated rings. The molecule has 0 spiro atoms. The minimum absolute atomic E-state index is 0.0104. The van der Waals surface area contributed by atoms with Gasteiger partial charge in [-0.3, -0.25) is 4.79 Å². The molecule has 3 nitrogen and oxygen atoms in total. The number of ketones is 1. The Morgan fingerprint density at radius 1 is 0.889 bits per heavy atom. The normalized spacial score (nSPS) is 19.9. The Hall–Kier alpha value is -2.16. The van der Waals surface area contributed by atoms with E-state index in [0.717, 1.165) is 11.1 Å². The van der Waals surface area contributed by atoms with Gasteiger partial charge >= 0.3 is 5.97 Å². The molecule has 1 aromatic carbocycles. The van der Waals surface area contributed by atoms with Crippen molar-refractivity contribution in [3.63, 3.8) is 0 Å². The molecule has 1 aliphatic rings. The number of esters is 1. The van der Waals surface area contributed by atoms with Crippen LogP contribution in [0.2, 0.25) is 0 Å². The highest BCUT2D eigenvalue weighted by Crippen LogP contribution is 2.58. The zero-order chi connectivity index (χ0) is 20.8. The molecule has 1 aliphatic carbocycles. The lowest BCUT2D eigenvalue weighted by Gasteiger charge is -2.53. The van der Waals surface area contributed by atoms with Gasteiger partial charge in [0.05, 0.1) is 5.56 Å². The highest BCUT2D eigenvalue weighted by Gasteiger charge is 2.57. The zero-order valence-corrected chi connectivity index (χ0v) is 18.1. The second kappa shape index (κ2) is 6.78. The predicted molar refractivity (Wildman–Crippen MR) is 110 cm³/mol. The fraction of sp³-hybridized carbons (Fsp3) is 0.500. The van der Waals surface area contributed by atoms with Crippen LogP contribution >= 0.6 is 0 Å². The summed E-state index contributed by atoms with van der Waals surface area (Å²) >= 11 is 0. The molecule has 3 heteroatoms. The molecule has 2 rings (SSSR count). The first-order valence-electron chi connectivity index (χ1n) is 9.47. The highest BCUT2D eigenvalue weighted by molar-refractivity contribution is 5.98. The second-order valence-corrected chi connectivity index (χ2v) is 9.34. The Kier molecular flexibility index (Phi) is 5.31. The molecule has 0 aliphatic heterocycles. The number of rotatable bonds is 3. The lowest BCUT2D eigenvalue weighted by atomic mass is 9.50. The van der Waals surface area contributed by atoms with Gasteiger partial charge in [-0.05, 0) is 49.5 Å². The smallest absolute Gasteiger partial charge is 0.343 e. The molecule has 0 unspecified atom stereocenters. The lowest BCUT2D eigenvalue weighted by Crippen LogP contribution is -2.53. The first kappa shape index (κ1) is 21.1. The predicted octanol–water partition coefficient (Wildman–Crippen LogP) is 6.20. The third-order valence-corrected chi connectivity index (χ3v) is 7.10. The fourth-order valence-corrected chi connectivity index (χ4v) is 3.36. The van der Waals surface area contributed by atoms with Gasteiger partial charge in [0.1, 0.15) is 5.76 Å². The summed E-state index contributed by atoms with van der Waals surface area (Å²) in [7, 11) is 0. The summed E-state index contributed by atoms with van der Waals surface area (Å²) in [6.45, 7) is 18.2. The standard InChI is InChI=1S/C24H32O3/c1-15(2)16(3)17-11-10-12-18(13-17)21(26)27-20-14-19(25)22(4,5)24(8,9)23(20,6)7/h10-14H,1-9H3. The van der Waals surface area contributed by atoms with Crippen LogP contribution in [0.4, 0.5) is 0 Å². The van der Waals surface area contributed by atoms with Crippen LogP contribution in [0.3, 0.4) is 0 Å². The molecule has 0 radical (unpaired) electrons. The van der Waals surface area contributed by atoms with Crippen molar-refractivity contribution in [2.24, 2.45) is 16.2 Å². The third-order valence-electron chi connectivity index (χ3n) is 7.10. The molecule has 1 aromatic rings. The summed E-state index contributed by atoms with van der Waals surface area (Å²) < 4.78 is 5.77. The van der Waals surface area contributed by atoms with E-state index in [1.165, 1.54) is 11.6 Å². The number of carbonyl (C=O) groups excluding carboxylic acids is 2. The molecule has 0 heterocycles. The fourth-order valence-electron chi connectivity index (χ4n) is 3.36. The van der Waals surface area contributed by atoms with E-state index in [0.29, 0.717) is 11.3 Å². The van der Waals surface area contributed by atoms with E-state index < -0.39 is 16.8 Å². The van der Waals surface area contributed by atoms with Crippen LogP contribution in [-0.4, -0.2) is 11.8 Å². The summed E-state index contributed by atoms with van der Waals surface area (Å²) in [5.74, 6) is -0.00374. The molecule has 0 N–H and O–H groups in total. The maximum atomic E-state index is 12.8. The quantitative estimate of drug-likeness (QED) is 0.596. The van der Waals surface area contributed by atoms with Crippen LogP contribution in [0.25, 0.3) is 5.57 Å². The molecular weight excluding hydrogens is 336 g/mol. The van der Waals surface area contributed by atoms with E-state index in [2.05, 4.69) is 13.8 Å². The van der Waals surface area contributed by atoms with Crippen LogP contribution in [0, 0.1) is 16.2 Å². The number of hydrogen-bond donors (Lipinski definition) is 0. The number of hydrogen-bond acceptors (Lipinski definition) is 3. The molecule has 0 atom stereocenters. The van der Waals surface area contributed by atoms with Crippen molar-refractivity contribution in [1.82, 2.24) is 0 Å². The number of carbonyl (C=O) groups is 2. The number of allylic oxidation sites excluding steroid dienone is 4. The monoisotopic (exact) mass is 368 g/mol. The van der Waals surface area contributed by atoms with Gasteiger partial charge in [0.25, 0.3) is 0 Å². The molecule has 27 heavy (non-hydrogen) atoms. The van der Waals surface area contributed by atoms with Crippen molar-refractivity contribution in [1.29, 1.82) is 0 Å². The first-order valence-corrected chi connectivity index (χ1v) is 9.47. The van der Waals surface area contributed by atoms with Gasteiger partial charge in [0.15, 0.2) is 5.78 Å². The van der Waals surface area contributed by atoms with Crippen LogP contribution in [-0.2, 0) is 9.53 Å². The number of benzene rings is 1. The van der Waals surface area contributed by atoms with E-state index >= 15 is 0 Å². The van der Waals surface area contributed by atoms with Crippen molar-refractivity contribution < 1.29 is 14.3 Å². The van der Waals surface area contributed by atoms with E-state index in [1.54, 1.807) is 6.07 Å². The average Bonchev–Trinajstić information content (AvgIpc) is 2.58. The maximum Gasteiger partial charge on any atom is 0.343 e. The van der Waals surface area contributed by atoms with E-state index in [-0.39, 0.29) is 11.2 Å². The Morgan fingerprint density at radius 3 is 2.00 bits per heavy atom. The van der Waals surface area contributed by atoms with Crippen molar-refractivity contribution >= 4 is 17.3 Å². The Bertz CT molecular complexity index is 844. The minimum Gasteiger partial charge on any atom is -0.427 e. The third kappa shape index (κ3) is 3.40. The molecule has 0 amide bonds. The van der Waals surface area contributed by atoms with Crippen molar-refractivity contribution in [2.45, 2.75) is 62.3 Å². The van der Waals surface area contributed by atoms with E-state index in [9.17, 15) is 9.59 Å². The highest BCUT2D eigenvalue weighted by atomic mass is 16.5. The second-order valence-electron chi connectivity index (χ2n) is 9.34. The number of ether oxygens (including phenoxy) is 1. The average molecular weight is 369 g/mol. The van der Waals surface area contributed by atoms with Gasteiger partial charge in [-0.15, -0.1) is 0 Å². The van der Waals surface area contributed by atoms with Crippen molar-refractivity contribution in [2.75, 3.05) is 0 Å². The van der Waals surface area contributed by atoms with Crippen molar-refractivity contribution in [3.8, 4) is 0 Å². The van der Waals surface area contributed by atoms with Gasteiger partial charge in [0, 0.05) is 16.9 Å². The van der Waals surface area contributed by atoms with Crippen LogP contribution in [0.15, 0.2) is 41.7 Å². The van der Waals surface area contributed by atoms with Gasteiger partial charge < -0.3 is 4.74 Å². The lowest BCUT2D eigenvalue weighted by molar-refractivity contribution is -0.137. The zero-order valence-electron chi connectivity index (χ0n) is 18.1. The van der Waals surface area contributed by atoms with Gasteiger partial charge in [-0.2, -0.15) is 0 Å². The summed E-state index contributed by atoms with van der Waals surface area (Å²) in [6, 6.07) is 7.43. The molecule has 0 aromatic heterocycles. The van der Waals surface area contributed by atoms with E-state index in [1.807, 2.05) is 66.7 Å². The topological polar surface area (TPSA) is 43.4 Å². The summed E-state index contributed by atoms with van der Waals surface area (Å²) in [5, 5.41) is 0.